The predicted octanol–water partition coefficient (Wildman–Crippen LogP) is 5.88. The van der Waals surface area contributed by atoms with Crippen LogP contribution >= 0.6 is 38.9 Å². The highest BCUT2D eigenvalue weighted by molar-refractivity contribution is 9.10. The molecule has 0 radical (unpaired) electrons. The summed E-state index contributed by atoms with van der Waals surface area (Å²) in [4.78, 5) is 13.0. The Bertz CT molecular complexity index is 843. The lowest BCUT2D eigenvalue weighted by Crippen LogP contribution is -2.11. The van der Waals surface area contributed by atoms with Gasteiger partial charge in [-0.05, 0) is 36.8 Å². The summed E-state index contributed by atoms with van der Waals surface area (Å²) >= 11 is 11.1. The molecule has 1 heterocycles. The highest BCUT2D eigenvalue weighted by Gasteiger charge is 2.17. The second kappa shape index (κ2) is 5.79. The third-order valence-corrected chi connectivity index (χ3v) is 5.35. The summed E-state index contributed by atoms with van der Waals surface area (Å²) in [5.74, 6) is -0.174. The van der Waals surface area contributed by atoms with E-state index in [2.05, 4.69) is 21.2 Å². The van der Waals surface area contributed by atoms with Crippen LogP contribution in [0.4, 0.5) is 5.69 Å². The van der Waals surface area contributed by atoms with Gasteiger partial charge in [-0.25, -0.2) is 0 Å². The number of nitrogens with one attached hydrogen (secondary N) is 1. The second-order valence-electron chi connectivity index (χ2n) is 4.65. The van der Waals surface area contributed by atoms with Crippen LogP contribution in [0, 0.1) is 6.92 Å². The first kappa shape index (κ1) is 14.6. The van der Waals surface area contributed by atoms with Gasteiger partial charge in [-0.1, -0.05) is 45.7 Å². The van der Waals surface area contributed by atoms with Crippen molar-refractivity contribution in [3.8, 4) is 0 Å². The van der Waals surface area contributed by atoms with Crippen molar-refractivity contribution >= 4 is 60.5 Å². The zero-order valence-corrected chi connectivity index (χ0v) is 14.3. The Hall–Kier alpha value is -1.36. The molecule has 0 unspecified atom stereocenters. The highest BCUT2D eigenvalue weighted by Crippen LogP contribution is 2.35. The van der Waals surface area contributed by atoms with Crippen LogP contribution in [0.25, 0.3) is 10.1 Å². The Morgan fingerprint density at radius 2 is 2.00 bits per heavy atom. The molecule has 0 aliphatic heterocycles. The maximum Gasteiger partial charge on any atom is 0.267 e. The molecule has 3 rings (SSSR count). The van der Waals surface area contributed by atoms with E-state index in [0.717, 1.165) is 25.8 Å². The van der Waals surface area contributed by atoms with Crippen molar-refractivity contribution in [2.45, 2.75) is 6.92 Å². The third-order valence-electron chi connectivity index (χ3n) is 3.18. The highest BCUT2D eigenvalue weighted by atomic mass is 79.9. The minimum atomic E-state index is -0.174. The number of thiophene rings is 1. The normalized spacial score (nSPS) is 10.8. The topological polar surface area (TPSA) is 29.1 Å². The van der Waals surface area contributed by atoms with E-state index >= 15 is 0 Å². The maximum atomic E-state index is 12.4. The van der Waals surface area contributed by atoms with Crippen LogP contribution in [-0.4, -0.2) is 5.91 Å². The van der Waals surface area contributed by atoms with Crippen LogP contribution < -0.4 is 5.32 Å². The Balaban J connectivity index is 1.95. The van der Waals surface area contributed by atoms with Gasteiger partial charge in [0.1, 0.15) is 4.88 Å². The number of carbonyl (C=O) groups excluding carboxylic acids is 1. The summed E-state index contributed by atoms with van der Waals surface area (Å²) in [6.45, 7) is 1.95. The summed E-state index contributed by atoms with van der Waals surface area (Å²) < 4.78 is 2.00. The van der Waals surface area contributed by atoms with Crippen LogP contribution in [0.2, 0.25) is 5.02 Å². The summed E-state index contributed by atoms with van der Waals surface area (Å²) in [6, 6.07) is 13.5. The number of carbonyl (C=O) groups is 1. The van der Waals surface area contributed by atoms with Gasteiger partial charge in [0.05, 0.1) is 5.02 Å². The number of anilines is 1. The van der Waals surface area contributed by atoms with Crippen molar-refractivity contribution < 1.29 is 4.79 Å². The van der Waals surface area contributed by atoms with Crippen LogP contribution in [0.15, 0.2) is 46.9 Å². The van der Waals surface area contributed by atoms with Crippen molar-refractivity contribution in [2.75, 3.05) is 5.32 Å². The lowest BCUT2D eigenvalue weighted by Gasteiger charge is -2.08. The summed E-state index contributed by atoms with van der Waals surface area (Å²) in [6.07, 6.45) is 0. The van der Waals surface area contributed by atoms with E-state index in [0.29, 0.717) is 9.90 Å². The van der Waals surface area contributed by atoms with Gasteiger partial charge in [0.15, 0.2) is 0 Å². The number of aryl methyl sites for hydroxylation is 1. The average Bonchev–Trinajstić information content (AvgIpc) is 2.80. The van der Waals surface area contributed by atoms with Gasteiger partial charge < -0.3 is 5.32 Å². The Kier molecular flexibility index (Phi) is 4.02. The van der Waals surface area contributed by atoms with Gasteiger partial charge in [0.2, 0.25) is 0 Å². The van der Waals surface area contributed by atoms with Crippen LogP contribution in [-0.2, 0) is 0 Å². The molecule has 0 bridgehead atoms. The van der Waals surface area contributed by atoms with Crippen molar-refractivity contribution in [3.63, 3.8) is 0 Å². The van der Waals surface area contributed by atoms with Gasteiger partial charge in [0.25, 0.3) is 5.91 Å². The van der Waals surface area contributed by atoms with E-state index < -0.39 is 0 Å². The Morgan fingerprint density at radius 3 is 2.71 bits per heavy atom. The molecule has 0 saturated carbocycles. The van der Waals surface area contributed by atoms with Gasteiger partial charge in [-0.15, -0.1) is 11.3 Å². The molecule has 2 aromatic carbocycles. The number of hydrogen-bond acceptors (Lipinski definition) is 2. The minimum absolute atomic E-state index is 0.174. The largest absolute Gasteiger partial charge is 0.321 e. The zero-order valence-electron chi connectivity index (χ0n) is 11.1. The molecule has 0 saturated heterocycles. The second-order valence-corrected chi connectivity index (χ2v) is 7.00. The fourth-order valence-electron chi connectivity index (χ4n) is 2.11. The Morgan fingerprint density at radius 1 is 1.24 bits per heavy atom. The molecular weight excluding hydrogens is 370 g/mol. The minimum Gasteiger partial charge on any atom is -0.321 e. The van der Waals surface area contributed by atoms with Gasteiger partial charge in [0, 0.05) is 20.2 Å². The number of amides is 1. The molecule has 1 amide bonds. The lowest BCUT2D eigenvalue weighted by molar-refractivity contribution is 0.103. The van der Waals surface area contributed by atoms with Gasteiger partial charge >= 0.3 is 0 Å². The molecular formula is C16H11BrClNOS. The van der Waals surface area contributed by atoms with E-state index in [1.54, 1.807) is 0 Å². The zero-order chi connectivity index (χ0) is 15.0. The summed E-state index contributed by atoms with van der Waals surface area (Å²) in [7, 11) is 0. The molecule has 0 aliphatic carbocycles. The first-order valence-electron chi connectivity index (χ1n) is 6.31. The van der Waals surface area contributed by atoms with Crippen molar-refractivity contribution in [1.29, 1.82) is 0 Å². The van der Waals surface area contributed by atoms with Crippen molar-refractivity contribution in [3.05, 3.63) is 62.4 Å². The molecule has 21 heavy (non-hydrogen) atoms. The molecule has 0 aliphatic rings. The van der Waals surface area contributed by atoms with E-state index in [1.165, 1.54) is 11.3 Å². The average molecular weight is 381 g/mol. The summed E-state index contributed by atoms with van der Waals surface area (Å²) in [5, 5.41) is 4.36. The van der Waals surface area contributed by atoms with E-state index in [4.69, 9.17) is 11.6 Å². The maximum absolute atomic E-state index is 12.4. The SMILES string of the molecule is Cc1cc(Br)ccc1NC(=O)c1sc2ccccc2c1Cl. The van der Waals surface area contributed by atoms with Crippen molar-refractivity contribution in [1.82, 2.24) is 0 Å². The first-order chi connectivity index (χ1) is 10.1. The van der Waals surface area contributed by atoms with E-state index in [9.17, 15) is 4.79 Å². The first-order valence-corrected chi connectivity index (χ1v) is 8.29. The monoisotopic (exact) mass is 379 g/mol. The Labute approximate surface area is 139 Å². The lowest BCUT2D eigenvalue weighted by atomic mass is 10.2. The third kappa shape index (κ3) is 2.84. The molecule has 2 nitrogen and oxygen atoms in total. The van der Waals surface area contributed by atoms with Crippen molar-refractivity contribution in [2.24, 2.45) is 0 Å². The molecule has 3 aromatic rings. The standard InChI is InChI=1S/C16H11BrClNOS/c1-9-8-10(17)6-7-12(9)19-16(20)15-14(18)11-4-2-3-5-13(11)21-15/h2-8H,1H3,(H,19,20). The van der Waals surface area contributed by atoms with Crippen LogP contribution in [0.3, 0.4) is 0 Å². The van der Waals surface area contributed by atoms with Crippen LogP contribution in [0.1, 0.15) is 15.2 Å². The fourth-order valence-corrected chi connectivity index (χ4v) is 3.99. The molecule has 0 spiro atoms. The molecule has 1 N–H and O–H groups in total. The molecule has 5 heteroatoms. The fraction of sp³-hybridized carbons (Fsp3) is 0.0625. The number of halogens is 2. The molecule has 0 atom stereocenters. The number of hydrogen-bond donors (Lipinski definition) is 1. The smallest absolute Gasteiger partial charge is 0.267 e. The van der Waals surface area contributed by atoms with E-state index in [-0.39, 0.29) is 5.91 Å². The molecule has 1 aromatic heterocycles. The van der Waals surface area contributed by atoms with Crippen LogP contribution in [0.5, 0.6) is 0 Å². The number of benzene rings is 2. The molecule has 0 fully saturated rings. The van der Waals surface area contributed by atoms with Gasteiger partial charge in [-0.2, -0.15) is 0 Å². The predicted molar refractivity (Wildman–Crippen MR) is 93.7 cm³/mol. The molecule has 106 valence electrons. The van der Waals surface area contributed by atoms with Gasteiger partial charge in [-0.3, -0.25) is 4.79 Å². The number of fused-ring (bicyclic) bond motifs is 1. The summed E-state index contributed by atoms with van der Waals surface area (Å²) in [5.41, 5.74) is 1.78. The quantitative estimate of drug-likeness (QED) is 0.591. The number of rotatable bonds is 2. The van der Waals surface area contributed by atoms with E-state index in [1.807, 2.05) is 49.4 Å².